The van der Waals surface area contributed by atoms with E-state index >= 15 is 0 Å². The Hall–Kier alpha value is -1.27. The van der Waals surface area contributed by atoms with E-state index in [1.165, 1.54) is 11.9 Å². The van der Waals surface area contributed by atoms with Crippen LogP contribution in [0.25, 0.3) is 0 Å². The molecule has 118 valence electrons. The van der Waals surface area contributed by atoms with Gasteiger partial charge in [0.1, 0.15) is 0 Å². The third kappa shape index (κ3) is 4.89. The van der Waals surface area contributed by atoms with E-state index in [1.807, 2.05) is 12.1 Å². The predicted molar refractivity (Wildman–Crippen MR) is 88.4 cm³/mol. The molecule has 1 aromatic rings. The molecule has 1 aliphatic heterocycles. The van der Waals surface area contributed by atoms with Crippen LogP contribution < -0.4 is 14.9 Å². The molecule has 1 aliphatic rings. The van der Waals surface area contributed by atoms with Gasteiger partial charge in [0.25, 0.3) is 0 Å². The highest BCUT2D eigenvalue weighted by molar-refractivity contribution is 7.88. The maximum absolute atomic E-state index is 11.3. The Morgan fingerprint density at radius 3 is 2.38 bits per heavy atom. The predicted octanol–water partition coefficient (Wildman–Crippen LogP) is 2.02. The molecule has 1 aromatic carbocycles. The quantitative estimate of drug-likeness (QED) is 0.873. The van der Waals surface area contributed by atoms with Crippen LogP contribution in [0, 0.1) is 0 Å². The van der Waals surface area contributed by atoms with E-state index in [2.05, 4.69) is 40.9 Å². The Balaban J connectivity index is 2.02. The summed E-state index contributed by atoms with van der Waals surface area (Å²) in [6.45, 7) is 5.98. The monoisotopic (exact) mass is 311 g/mol. The van der Waals surface area contributed by atoms with Gasteiger partial charge in [0.2, 0.25) is 10.0 Å². The van der Waals surface area contributed by atoms with Gasteiger partial charge in [-0.1, -0.05) is 12.1 Å². The number of nitrogens with zero attached hydrogens (tertiary/aromatic N) is 1. The third-order valence-electron chi connectivity index (χ3n) is 3.56. The molecular formula is C15H25N3O2S. The molecule has 1 heterocycles. The van der Waals surface area contributed by atoms with Crippen molar-refractivity contribution in [2.24, 2.45) is 0 Å². The summed E-state index contributed by atoms with van der Waals surface area (Å²) in [4.78, 5) is 2.32. The molecule has 0 aliphatic carbocycles. The molecule has 2 rings (SSSR count). The summed E-state index contributed by atoms with van der Waals surface area (Å²) in [5.74, 6) is 0. The van der Waals surface area contributed by atoms with Crippen LogP contribution in [0.4, 0.5) is 11.4 Å². The van der Waals surface area contributed by atoms with Gasteiger partial charge in [-0.25, -0.2) is 13.1 Å². The lowest BCUT2D eigenvalue weighted by Crippen LogP contribution is -2.44. The molecule has 1 fully saturated rings. The van der Waals surface area contributed by atoms with Gasteiger partial charge >= 0.3 is 0 Å². The Morgan fingerprint density at radius 1 is 1.19 bits per heavy atom. The summed E-state index contributed by atoms with van der Waals surface area (Å²) in [6.07, 6.45) is 2.90. The molecule has 0 bridgehead atoms. The number of sulfonamides is 1. The second-order valence-corrected chi connectivity index (χ2v) is 7.75. The maximum Gasteiger partial charge on any atom is 0.208 e. The lowest BCUT2D eigenvalue weighted by Gasteiger charge is -2.35. The van der Waals surface area contributed by atoms with Crippen molar-refractivity contribution in [3.05, 3.63) is 24.3 Å². The molecule has 2 N–H and O–H groups in total. The van der Waals surface area contributed by atoms with Gasteiger partial charge in [-0.05, 0) is 38.8 Å². The minimum atomic E-state index is -3.11. The van der Waals surface area contributed by atoms with Crippen LogP contribution in [0.3, 0.4) is 0 Å². The second kappa shape index (κ2) is 6.66. The van der Waals surface area contributed by atoms with Crippen LogP contribution in [0.1, 0.15) is 26.7 Å². The van der Waals surface area contributed by atoms with E-state index in [9.17, 15) is 8.42 Å². The number of nitrogens with one attached hydrogen (secondary N) is 2. The molecule has 0 amide bonds. The third-order valence-corrected chi connectivity index (χ3v) is 4.33. The number of piperidine rings is 1. The van der Waals surface area contributed by atoms with E-state index in [4.69, 9.17) is 0 Å². The number of anilines is 2. The molecule has 5 nitrogen and oxygen atoms in total. The van der Waals surface area contributed by atoms with Gasteiger partial charge in [0.15, 0.2) is 0 Å². The van der Waals surface area contributed by atoms with Gasteiger partial charge in [-0.15, -0.1) is 0 Å². The Labute approximate surface area is 127 Å². The lowest BCUT2D eigenvalue weighted by atomic mass is 10.0. The first kappa shape index (κ1) is 16.1. The normalized spacial score (nSPS) is 17.2. The molecule has 0 radical (unpaired) electrons. The zero-order valence-electron chi connectivity index (χ0n) is 13.0. The van der Waals surface area contributed by atoms with Crippen molar-refractivity contribution in [2.75, 3.05) is 29.6 Å². The van der Waals surface area contributed by atoms with Crippen LogP contribution in [0.2, 0.25) is 0 Å². The first-order valence-corrected chi connectivity index (χ1v) is 9.32. The fraction of sp³-hybridized carbons (Fsp3) is 0.600. The summed E-state index contributed by atoms with van der Waals surface area (Å²) >= 11 is 0. The molecule has 0 saturated carbocycles. The molecule has 1 saturated heterocycles. The Morgan fingerprint density at radius 2 is 1.81 bits per heavy atom. The van der Waals surface area contributed by atoms with E-state index in [-0.39, 0.29) is 6.04 Å². The van der Waals surface area contributed by atoms with Gasteiger partial charge in [-0.2, -0.15) is 0 Å². The fourth-order valence-corrected chi connectivity index (χ4v) is 3.56. The summed E-state index contributed by atoms with van der Waals surface area (Å²) < 4.78 is 25.3. The highest BCUT2D eigenvalue weighted by Gasteiger charge is 2.23. The van der Waals surface area contributed by atoms with E-state index in [0.717, 1.165) is 31.6 Å². The Bertz CT molecular complexity index is 564. The number of hydrogen-bond acceptors (Lipinski definition) is 4. The van der Waals surface area contributed by atoms with Crippen molar-refractivity contribution >= 4 is 21.4 Å². The minimum absolute atomic E-state index is 0.0569. The van der Waals surface area contributed by atoms with Crippen molar-refractivity contribution in [1.82, 2.24) is 4.72 Å². The van der Waals surface area contributed by atoms with Gasteiger partial charge in [-0.3, -0.25) is 0 Å². The molecule has 0 aromatic heterocycles. The van der Waals surface area contributed by atoms with Crippen LogP contribution in [-0.2, 0) is 10.0 Å². The van der Waals surface area contributed by atoms with Crippen molar-refractivity contribution in [2.45, 2.75) is 38.8 Å². The number of benzene rings is 1. The van der Waals surface area contributed by atoms with Gasteiger partial charge in [0, 0.05) is 25.2 Å². The molecule has 0 atom stereocenters. The SMILES string of the molecule is CC(C)Nc1ccccc1N1CCC(NS(C)(=O)=O)CC1. The summed E-state index contributed by atoms with van der Waals surface area (Å²) in [7, 11) is -3.11. The Kier molecular flexibility index (Phi) is 5.11. The zero-order valence-corrected chi connectivity index (χ0v) is 13.8. The fourth-order valence-electron chi connectivity index (χ4n) is 2.72. The molecular weight excluding hydrogens is 286 g/mol. The van der Waals surface area contributed by atoms with Crippen LogP contribution >= 0.6 is 0 Å². The largest absolute Gasteiger partial charge is 0.381 e. The zero-order chi connectivity index (χ0) is 15.5. The highest BCUT2D eigenvalue weighted by Crippen LogP contribution is 2.28. The van der Waals surface area contributed by atoms with Crippen molar-refractivity contribution in [3.63, 3.8) is 0 Å². The van der Waals surface area contributed by atoms with Crippen LogP contribution in [0.5, 0.6) is 0 Å². The lowest BCUT2D eigenvalue weighted by molar-refractivity contribution is 0.462. The summed E-state index contributed by atoms with van der Waals surface area (Å²) in [5, 5.41) is 3.47. The van der Waals surface area contributed by atoms with Crippen molar-refractivity contribution < 1.29 is 8.42 Å². The minimum Gasteiger partial charge on any atom is -0.381 e. The van der Waals surface area contributed by atoms with E-state index in [1.54, 1.807) is 0 Å². The first-order chi connectivity index (χ1) is 9.85. The first-order valence-electron chi connectivity index (χ1n) is 7.43. The average Bonchev–Trinajstić information content (AvgIpc) is 2.38. The summed E-state index contributed by atoms with van der Waals surface area (Å²) in [5.41, 5.74) is 2.34. The molecule has 21 heavy (non-hydrogen) atoms. The molecule has 0 spiro atoms. The maximum atomic E-state index is 11.3. The molecule has 6 heteroatoms. The van der Waals surface area contributed by atoms with Gasteiger partial charge in [0.05, 0.1) is 17.6 Å². The smallest absolute Gasteiger partial charge is 0.208 e. The van der Waals surface area contributed by atoms with E-state index < -0.39 is 10.0 Å². The second-order valence-electron chi connectivity index (χ2n) is 5.97. The van der Waals surface area contributed by atoms with Crippen LogP contribution in [-0.4, -0.2) is 39.8 Å². The standard InChI is InChI=1S/C15H25N3O2S/c1-12(2)16-14-6-4-5-7-15(14)18-10-8-13(9-11-18)17-21(3,19)20/h4-7,12-13,16-17H,8-11H2,1-3H3. The topological polar surface area (TPSA) is 61.4 Å². The van der Waals surface area contributed by atoms with Crippen LogP contribution in [0.15, 0.2) is 24.3 Å². The number of para-hydroxylation sites is 2. The highest BCUT2D eigenvalue weighted by atomic mass is 32.2. The van der Waals surface area contributed by atoms with Crippen molar-refractivity contribution in [1.29, 1.82) is 0 Å². The van der Waals surface area contributed by atoms with Gasteiger partial charge < -0.3 is 10.2 Å². The van der Waals surface area contributed by atoms with Crippen molar-refractivity contribution in [3.8, 4) is 0 Å². The number of hydrogen-bond donors (Lipinski definition) is 2. The number of rotatable bonds is 5. The average molecular weight is 311 g/mol. The summed E-state index contributed by atoms with van der Waals surface area (Å²) in [6, 6.07) is 8.73. The molecule has 0 unspecified atom stereocenters. The van der Waals surface area contributed by atoms with E-state index in [0.29, 0.717) is 6.04 Å².